The molecule has 0 radical (unpaired) electrons. The fraction of sp³-hybridized carbons (Fsp3) is 0.833. The Balaban J connectivity index is 2.42. The molecule has 2 nitrogen and oxygen atoms in total. The van der Waals surface area contributed by atoms with Gasteiger partial charge in [-0.1, -0.05) is 0 Å². The molecule has 2 bridgehead atoms. The Morgan fingerprint density at radius 3 is 2.90 bits per heavy atom. The zero-order valence-corrected chi connectivity index (χ0v) is 5.03. The first-order valence-electron chi connectivity index (χ1n) is 4.05. The largest absolute Gasteiger partial charge is 0.353 e. The highest BCUT2D eigenvalue weighted by molar-refractivity contribution is 5.83. The van der Waals surface area contributed by atoms with Crippen LogP contribution >= 0.6 is 0 Å². The van der Waals surface area contributed by atoms with E-state index in [4.69, 9.17) is 2.74 Å². The number of nitrogens with one attached hydrogen (secondary N) is 1. The van der Waals surface area contributed by atoms with Crippen LogP contribution in [0.3, 0.4) is 0 Å². The SMILES string of the molecule is [2H]C1([2H])C2CC(C(=O)N2)C1(F)F. The van der Waals surface area contributed by atoms with Crippen molar-refractivity contribution in [1.82, 2.24) is 5.32 Å². The number of piperidine rings is 1. The van der Waals surface area contributed by atoms with Gasteiger partial charge < -0.3 is 5.32 Å². The molecule has 1 aliphatic heterocycles. The molecule has 2 atom stereocenters. The Morgan fingerprint density at radius 1 is 1.80 bits per heavy atom. The average Bonchev–Trinajstić information content (AvgIpc) is 2.35. The molecule has 2 unspecified atom stereocenters. The topological polar surface area (TPSA) is 29.1 Å². The maximum absolute atomic E-state index is 13.0. The minimum absolute atomic E-state index is 0.0845. The monoisotopic (exact) mass is 149 g/mol. The number of rotatable bonds is 0. The molecule has 1 amide bonds. The van der Waals surface area contributed by atoms with Crippen molar-refractivity contribution in [3.63, 3.8) is 0 Å². The number of hydrogen-bond donors (Lipinski definition) is 1. The van der Waals surface area contributed by atoms with E-state index in [9.17, 15) is 13.6 Å². The van der Waals surface area contributed by atoms with E-state index >= 15 is 0 Å². The second-order valence-electron chi connectivity index (χ2n) is 2.62. The summed E-state index contributed by atoms with van der Waals surface area (Å²) in [6, 6.07) is -1.01. The maximum atomic E-state index is 13.0. The van der Waals surface area contributed by atoms with Crippen molar-refractivity contribution >= 4 is 5.91 Å². The van der Waals surface area contributed by atoms with Crippen molar-refractivity contribution in [2.45, 2.75) is 24.8 Å². The molecule has 1 heterocycles. The van der Waals surface area contributed by atoms with Crippen LogP contribution in [-0.2, 0) is 4.79 Å². The molecule has 2 rings (SSSR count). The molecule has 0 aromatic rings. The quantitative estimate of drug-likeness (QED) is 0.534. The molecular weight excluding hydrogens is 140 g/mol. The average molecular weight is 149 g/mol. The molecule has 1 N–H and O–H groups in total. The van der Waals surface area contributed by atoms with Crippen LogP contribution in [0.25, 0.3) is 0 Å². The van der Waals surface area contributed by atoms with Crippen LogP contribution in [0, 0.1) is 5.92 Å². The second-order valence-corrected chi connectivity index (χ2v) is 2.62. The Kier molecular flexibility index (Phi) is 0.635. The summed E-state index contributed by atoms with van der Waals surface area (Å²) in [6.07, 6.45) is -2.66. The fourth-order valence-corrected chi connectivity index (χ4v) is 1.41. The van der Waals surface area contributed by atoms with E-state index in [-0.39, 0.29) is 6.42 Å². The minimum Gasteiger partial charge on any atom is -0.353 e. The number of alkyl halides is 2. The van der Waals surface area contributed by atoms with Crippen LogP contribution in [0.2, 0.25) is 0 Å². The van der Waals surface area contributed by atoms with Crippen LogP contribution in [0.5, 0.6) is 0 Å². The highest BCUT2D eigenvalue weighted by Crippen LogP contribution is 2.44. The normalized spacial score (nSPS) is 50.0. The lowest BCUT2D eigenvalue weighted by Crippen LogP contribution is -2.41. The Morgan fingerprint density at radius 2 is 2.50 bits per heavy atom. The predicted molar refractivity (Wildman–Crippen MR) is 29.6 cm³/mol. The smallest absolute Gasteiger partial charge is 0.261 e. The first kappa shape index (κ1) is 4.26. The Hall–Kier alpha value is -0.670. The van der Waals surface area contributed by atoms with Gasteiger partial charge in [-0.15, -0.1) is 0 Å². The number of carbonyl (C=O) groups excluding carboxylic acids is 1. The van der Waals surface area contributed by atoms with Gasteiger partial charge in [0, 0.05) is 15.2 Å². The second kappa shape index (κ2) is 1.49. The summed E-state index contributed by atoms with van der Waals surface area (Å²) in [7, 11) is 0. The molecular formula is C6H7F2NO. The van der Waals surface area contributed by atoms with Crippen molar-refractivity contribution < 1.29 is 16.3 Å². The Labute approximate surface area is 59.4 Å². The van der Waals surface area contributed by atoms with Gasteiger partial charge in [0.2, 0.25) is 5.91 Å². The van der Waals surface area contributed by atoms with Gasteiger partial charge in [-0.2, -0.15) is 0 Å². The lowest BCUT2D eigenvalue weighted by atomic mass is 10.1. The van der Waals surface area contributed by atoms with Gasteiger partial charge in [0.05, 0.1) is 0 Å². The first-order valence-corrected chi connectivity index (χ1v) is 3.05. The summed E-state index contributed by atoms with van der Waals surface area (Å²) in [5.41, 5.74) is 0. The summed E-state index contributed by atoms with van der Waals surface area (Å²) in [6.45, 7) is 0. The molecule has 1 saturated heterocycles. The molecule has 2 fully saturated rings. The highest BCUT2D eigenvalue weighted by atomic mass is 19.3. The zero-order chi connectivity index (χ0) is 9.15. The van der Waals surface area contributed by atoms with E-state index in [2.05, 4.69) is 5.32 Å². The van der Waals surface area contributed by atoms with Gasteiger partial charge in [-0.05, 0) is 6.42 Å². The summed E-state index contributed by atoms with van der Waals surface area (Å²) >= 11 is 0. The molecule has 1 aliphatic carbocycles. The Bertz CT molecular complexity index is 256. The van der Waals surface area contributed by atoms with Crippen molar-refractivity contribution in [3.05, 3.63) is 0 Å². The number of hydrogen-bond acceptors (Lipinski definition) is 1. The van der Waals surface area contributed by atoms with Crippen LogP contribution in [0.15, 0.2) is 0 Å². The number of carbonyl (C=O) groups is 1. The van der Waals surface area contributed by atoms with E-state index in [1.165, 1.54) is 0 Å². The van der Waals surface area contributed by atoms with Crippen molar-refractivity contribution in [1.29, 1.82) is 0 Å². The molecule has 10 heavy (non-hydrogen) atoms. The number of fused-ring (bicyclic) bond motifs is 2. The van der Waals surface area contributed by atoms with Crippen molar-refractivity contribution in [2.24, 2.45) is 5.92 Å². The molecule has 0 aromatic carbocycles. The van der Waals surface area contributed by atoms with Crippen LogP contribution in [-0.4, -0.2) is 17.9 Å². The van der Waals surface area contributed by atoms with Crippen LogP contribution < -0.4 is 5.32 Å². The maximum Gasteiger partial charge on any atom is 0.261 e. The van der Waals surface area contributed by atoms with E-state index in [1.807, 2.05) is 0 Å². The van der Waals surface area contributed by atoms with Crippen LogP contribution in [0.1, 0.15) is 15.5 Å². The lowest BCUT2D eigenvalue weighted by molar-refractivity contribution is -0.137. The van der Waals surface area contributed by atoms with E-state index in [1.54, 1.807) is 0 Å². The third-order valence-corrected chi connectivity index (χ3v) is 1.91. The van der Waals surface area contributed by atoms with Gasteiger partial charge in [0.15, 0.2) is 0 Å². The van der Waals surface area contributed by atoms with Gasteiger partial charge in [0.25, 0.3) is 5.92 Å². The molecule has 0 spiro atoms. The fourth-order valence-electron chi connectivity index (χ4n) is 1.41. The van der Waals surface area contributed by atoms with Gasteiger partial charge in [0.1, 0.15) is 5.92 Å². The third-order valence-electron chi connectivity index (χ3n) is 1.91. The molecule has 1 saturated carbocycles. The van der Waals surface area contributed by atoms with E-state index in [0.29, 0.717) is 0 Å². The zero-order valence-electron chi connectivity index (χ0n) is 7.03. The summed E-state index contributed by atoms with van der Waals surface area (Å²) in [5, 5.41) is 2.21. The minimum atomic E-state index is -3.50. The highest BCUT2D eigenvalue weighted by Gasteiger charge is 2.57. The third kappa shape index (κ3) is 0.589. The van der Waals surface area contributed by atoms with E-state index < -0.39 is 30.2 Å². The van der Waals surface area contributed by atoms with Gasteiger partial charge >= 0.3 is 0 Å². The molecule has 0 aromatic heterocycles. The molecule has 56 valence electrons. The van der Waals surface area contributed by atoms with Gasteiger partial charge in [-0.25, -0.2) is 8.78 Å². The summed E-state index contributed by atoms with van der Waals surface area (Å²) < 4.78 is 40.2. The summed E-state index contributed by atoms with van der Waals surface area (Å²) in [4.78, 5) is 10.8. The first-order chi connectivity index (χ1) is 5.37. The lowest BCUT2D eigenvalue weighted by Gasteiger charge is -2.20. The number of amides is 1. The molecule has 4 heteroatoms. The number of halogens is 2. The summed E-state index contributed by atoms with van der Waals surface area (Å²) in [5.74, 6) is -5.68. The predicted octanol–water partition coefficient (Wildman–Crippen LogP) is 0.530. The van der Waals surface area contributed by atoms with Crippen molar-refractivity contribution in [3.8, 4) is 0 Å². The van der Waals surface area contributed by atoms with Crippen molar-refractivity contribution in [2.75, 3.05) is 0 Å². The standard InChI is InChI=1S/C6H7F2NO/c7-6(8)2-3-1-4(6)5(10)9-3/h3-4H,1-2H2,(H,9,10)/i2D2. The van der Waals surface area contributed by atoms with Gasteiger partial charge in [-0.3, -0.25) is 4.79 Å². The van der Waals surface area contributed by atoms with Crippen LogP contribution in [0.4, 0.5) is 8.78 Å². The van der Waals surface area contributed by atoms with E-state index in [0.717, 1.165) is 0 Å². The molecule has 2 aliphatic rings.